The minimum Gasteiger partial charge on any atom is -0.341 e. The molecule has 3 aliphatic rings. The van der Waals surface area contributed by atoms with E-state index in [0.29, 0.717) is 17.4 Å². The van der Waals surface area contributed by atoms with Crippen molar-refractivity contribution in [1.29, 1.82) is 0 Å². The van der Waals surface area contributed by atoms with Crippen LogP contribution in [0.15, 0.2) is 0 Å². The SMILES string of the molecule is CCCC1(CN2CCCC(NC3CC3)C2=O)CC1. The first kappa shape index (κ1) is 12.5. The summed E-state index contributed by atoms with van der Waals surface area (Å²) in [6.45, 7) is 4.28. The maximum absolute atomic E-state index is 12.5. The van der Waals surface area contributed by atoms with Crippen LogP contribution in [0.25, 0.3) is 0 Å². The molecule has 2 saturated carbocycles. The largest absolute Gasteiger partial charge is 0.341 e. The third kappa shape index (κ3) is 2.71. The lowest BCUT2D eigenvalue weighted by molar-refractivity contribution is -0.137. The fourth-order valence-electron chi connectivity index (χ4n) is 3.39. The number of carbonyl (C=O) groups is 1. The average molecular weight is 250 g/mol. The Kier molecular flexibility index (Phi) is 3.35. The third-order valence-electron chi connectivity index (χ3n) is 4.81. The van der Waals surface area contributed by atoms with Gasteiger partial charge in [-0.25, -0.2) is 0 Å². The van der Waals surface area contributed by atoms with E-state index in [1.807, 2.05) is 0 Å². The Labute approximate surface area is 110 Å². The second-order valence-electron chi connectivity index (χ2n) is 6.65. The summed E-state index contributed by atoms with van der Waals surface area (Å²) in [5.41, 5.74) is 0.506. The molecule has 1 atom stereocenters. The van der Waals surface area contributed by atoms with E-state index < -0.39 is 0 Å². The van der Waals surface area contributed by atoms with Gasteiger partial charge in [-0.1, -0.05) is 13.3 Å². The van der Waals surface area contributed by atoms with Crippen LogP contribution >= 0.6 is 0 Å². The minimum atomic E-state index is 0.128. The van der Waals surface area contributed by atoms with Crippen LogP contribution in [0.3, 0.4) is 0 Å². The highest BCUT2D eigenvalue weighted by Crippen LogP contribution is 2.50. The van der Waals surface area contributed by atoms with Gasteiger partial charge in [-0.3, -0.25) is 4.79 Å². The molecule has 1 unspecified atom stereocenters. The van der Waals surface area contributed by atoms with Gasteiger partial charge in [0.1, 0.15) is 0 Å². The Morgan fingerprint density at radius 1 is 1.33 bits per heavy atom. The van der Waals surface area contributed by atoms with Crippen LogP contribution in [-0.2, 0) is 4.79 Å². The molecule has 1 heterocycles. The molecule has 3 rings (SSSR count). The van der Waals surface area contributed by atoms with E-state index in [9.17, 15) is 4.79 Å². The van der Waals surface area contributed by atoms with Crippen molar-refractivity contribution in [3.63, 3.8) is 0 Å². The van der Waals surface area contributed by atoms with Gasteiger partial charge in [0.2, 0.25) is 5.91 Å². The van der Waals surface area contributed by atoms with Crippen molar-refractivity contribution in [3.05, 3.63) is 0 Å². The lowest BCUT2D eigenvalue weighted by atomic mass is 9.97. The van der Waals surface area contributed by atoms with Crippen LogP contribution in [0.2, 0.25) is 0 Å². The highest BCUT2D eigenvalue weighted by Gasteiger charge is 2.45. The van der Waals surface area contributed by atoms with E-state index in [1.54, 1.807) is 0 Å². The van der Waals surface area contributed by atoms with Crippen molar-refractivity contribution in [1.82, 2.24) is 10.2 Å². The quantitative estimate of drug-likeness (QED) is 0.784. The molecule has 1 saturated heterocycles. The molecule has 3 heteroatoms. The van der Waals surface area contributed by atoms with E-state index in [0.717, 1.165) is 19.5 Å². The minimum absolute atomic E-state index is 0.128. The lowest BCUT2D eigenvalue weighted by Gasteiger charge is -2.35. The number of hydrogen-bond donors (Lipinski definition) is 1. The normalized spacial score (nSPS) is 30.6. The second-order valence-corrected chi connectivity index (χ2v) is 6.65. The van der Waals surface area contributed by atoms with E-state index in [1.165, 1.54) is 44.9 Å². The highest BCUT2D eigenvalue weighted by atomic mass is 16.2. The van der Waals surface area contributed by atoms with Gasteiger partial charge < -0.3 is 10.2 Å². The maximum atomic E-state index is 12.5. The molecule has 0 radical (unpaired) electrons. The maximum Gasteiger partial charge on any atom is 0.239 e. The van der Waals surface area contributed by atoms with Gasteiger partial charge in [0.05, 0.1) is 6.04 Å². The molecule has 0 spiro atoms. The van der Waals surface area contributed by atoms with Crippen molar-refractivity contribution < 1.29 is 4.79 Å². The number of nitrogens with zero attached hydrogens (tertiary/aromatic N) is 1. The predicted octanol–water partition coefficient (Wildman–Crippen LogP) is 2.31. The summed E-state index contributed by atoms with van der Waals surface area (Å²) in [5.74, 6) is 0.385. The van der Waals surface area contributed by atoms with Gasteiger partial charge >= 0.3 is 0 Å². The smallest absolute Gasteiger partial charge is 0.239 e. The molecular formula is C15H26N2O. The first-order valence-corrected chi connectivity index (χ1v) is 7.77. The fourth-order valence-corrected chi connectivity index (χ4v) is 3.39. The van der Waals surface area contributed by atoms with Gasteiger partial charge in [0.15, 0.2) is 0 Å². The van der Waals surface area contributed by atoms with Crippen LogP contribution in [-0.4, -0.2) is 36.0 Å². The molecule has 0 aromatic carbocycles. The van der Waals surface area contributed by atoms with E-state index in [2.05, 4.69) is 17.1 Å². The summed E-state index contributed by atoms with van der Waals surface area (Å²) in [7, 11) is 0. The fraction of sp³-hybridized carbons (Fsp3) is 0.933. The van der Waals surface area contributed by atoms with E-state index >= 15 is 0 Å². The zero-order valence-corrected chi connectivity index (χ0v) is 11.6. The van der Waals surface area contributed by atoms with Crippen molar-refractivity contribution in [2.75, 3.05) is 13.1 Å². The molecule has 1 amide bonds. The summed E-state index contributed by atoms with van der Waals surface area (Å²) >= 11 is 0. The molecule has 0 aromatic rings. The van der Waals surface area contributed by atoms with Crippen LogP contribution in [0, 0.1) is 5.41 Å². The van der Waals surface area contributed by atoms with Crippen molar-refractivity contribution in [3.8, 4) is 0 Å². The molecule has 0 bridgehead atoms. The summed E-state index contributed by atoms with van der Waals surface area (Å²) in [6.07, 6.45) is 10.00. The molecule has 3 fully saturated rings. The van der Waals surface area contributed by atoms with Gasteiger partial charge in [-0.15, -0.1) is 0 Å². The van der Waals surface area contributed by atoms with E-state index in [-0.39, 0.29) is 6.04 Å². The zero-order valence-electron chi connectivity index (χ0n) is 11.6. The number of piperidine rings is 1. The number of carbonyl (C=O) groups excluding carboxylic acids is 1. The lowest BCUT2D eigenvalue weighted by Crippen LogP contribution is -2.52. The Morgan fingerprint density at radius 3 is 2.72 bits per heavy atom. The number of hydrogen-bond acceptors (Lipinski definition) is 2. The standard InChI is InChI=1S/C15H26N2O/c1-2-7-15(8-9-15)11-17-10-3-4-13(14(17)18)16-12-5-6-12/h12-13,16H,2-11H2,1H3. The zero-order chi connectivity index (χ0) is 12.6. The van der Waals surface area contributed by atoms with Crippen molar-refractivity contribution in [2.45, 2.75) is 70.4 Å². The number of amides is 1. The van der Waals surface area contributed by atoms with E-state index in [4.69, 9.17) is 0 Å². The summed E-state index contributed by atoms with van der Waals surface area (Å²) in [4.78, 5) is 14.6. The number of likely N-dealkylation sites (tertiary alicyclic amines) is 1. The predicted molar refractivity (Wildman–Crippen MR) is 72.3 cm³/mol. The molecule has 0 aromatic heterocycles. The Morgan fingerprint density at radius 2 is 2.11 bits per heavy atom. The van der Waals surface area contributed by atoms with Crippen LogP contribution in [0.4, 0.5) is 0 Å². The Balaban J connectivity index is 1.56. The average Bonchev–Trinajstić information content (AvgIpc) is 3.23. The number of nitrogens with one attached hydrogen (secondary N) is 1. The summed E-state index contributed by atoms with van der Waals surface area (Å²) < 4.78 is 0. The molecule has 1 aliphatic heterocycles. The summed E-state index contributed by atoms with van der Waals surface area (Å²) in [5, 5.41) is 3.52. The van der Waals surface area contributed by atoms with Crippen LogP contribution < -0.4 is 5.32 Å². The van der Waals surface area contributed by atoms with Gasteiger partial charge in [-0.05, 0) is 50.4 Å². The first-order valence-electron chi connectivity index (χ1n) is 7.77. The van der Waals surface area contributed by atoms with Crippen LogP contribution in [0.5, 0.6) is 0 Å². The van der Waals surface area contributed by atoms with Crippen LogP contribution in [0.1, 0.15) is 58.3 Å². The first-order chi connectivity index (χ1) is 8.72. The van der Waals surface area contributed by atoms with Gasteiger partial charge in [-0.2, -0.15) is 0 Å². The topological polar surface area (TPSA) is 32.3 Å². The third-order valence-corrected chi connectivity index (χ3v) is 4.81. The van der Waals surface area contributed by atoms with Crippen molar-refractivity contribution in [2.24, 2.45) is 5.41 Å². The summed E-state index contributed by atoms with van der Waals surface area (Å²) in [6, 6.07) is 0.771. The molecule has 102 valence electrons. The Bertz CT molecular complexity index is 320. The Hall–Kier alpha value is -0.570. The molecule has 1 N–H and O–H groups in total. The molecule has 2 aliphatic carbocycles. The molecular weight excluding hydrogens is 224 g/mol. The number of rotatable bonds is 6. The van der Waals surface area contributed by atoms with Gasteiger partial charge in [0, 0.05) is 19.1 Å². The highest BCUT2D eigenvalue weighted by molar-refractivity contribution is 5.82. The monoisotopic (exact) mass is 250 g/mol. The van der Waals surface area contributed by atoms with Gasteiger partial charge in [0.25, 0.3) is 0 Å². The molecule has 18 heavy (non-hydrogen) atoms. The second kappa shape index (κ2) is 4.84. The van der Waals surface area contributed by atoms with Crippen molar-refractivity contribution >= 4 is 5.91 Å². The molecule has 3 nitrogen and oxygen atoms in total.